The minimum Gasteiger partial charge on any atom is -0.444 e. The molecule has 1 amide bonds. The van der Waals surface area contributed by atoms with Gasteiger partial charge in [-0.1, -0.05) is 0 Å². The molecule has 5 nitrogen and oxygen atoms in total. The second-order valence-electron chi connectivity index (χ2n) is 8.68. The molecule has 1 aromatic rings. The first-order valence-electron chi connectivity index (χ1n) is 9.57. The Hall–Kier alpha value is -2.56. The van der Waals surface area contributed by atoms with Crippen molar-refractivity contribution in [2.45, 2.75) is 70.3 Å². The predicted octanol–water partition coefficient (Wildman–Crippen LogP) is 4.94. The van der Waals surface area contributed by atoms with Crippen molar-refractivity contribution in [3.8, 4) is 6.07 Å². The summed E-state index contributed by atoms with van der Waals surface area (Å²) >= 11 is 0. The number of ketones is 1. The molecule has 0 aliphatic carbocycles. The number of ether oxygens (including phenoxy) is 1. The van der Waals surface area contributed by atoms with E-state index in [1.165, 1.54) is 0 Å². The smallest absolute Gasteiger partial charge is 0.416 e. The van der Waals surface area contributed by atoms with E-state index in [0.717, 1.165) is 31.0 Å². The van der Waals surface area contributed by atoms with Crippen molar-refractivity contribution in [1.82, 2.24) is 4.90 Å². The first kappa shape index (κ1) is 21.2. The van der Waals surface area contributed by atoms with Crippen LogP contribution in [0.3, 0.4) is 0 Å². The monoisotopic (exact) mass is 408 g/mol. The summed E-state index contributed by atoms with van der Waals surface area (Å²) < 4.78 is 44.7. The summed E-state index contributed by atoms with van der Waals surface area (Å²) in [5, 5.41) is 9.25. The van der Waals surface area contributed by atoms with Gasteiger partial charge in [-0.25, -0.2) is 4.79 Å². The number of halogens is 3. The van der Waals surface area contributed by atoms with Crippen LogP contribution in [-0.4, -0.2) is 34.5 Å². The minimum atomic E-state index is -4.60. The number of Topliss-reactive ketones (excluding diaryl/α,β-unsaturated/α-hetero) is 1. The van der Waals surface area contributed by atoms with Crippen LogP contribution in [0.25, 0.3) is 0 Å². The van der Waals surface area contributed by atoms with Crippen LogP contribution in [0.5, 0.6) is 0 Å². The van der Waals surface area contributed by atoms with Crippen molar-refractivity contribution in [3.63, 3.8) is 0 Å². The third-order valence-electron chi connectivity index (χ3n) is 5.44. The Labute approximate surface area is 167 Å². The van der Waals surface area contributed by atoms with Crippen LogP contribution in [0.1, 0.15) is 67.9 Å². The summed E-state index contributed by atoms with van der Waals surface area (Å²) in [6, 6.07) is 4.06. The van der Waals surface area contributed by atoms with E-state index in [1.54, 1.807) is 25.7 Å². The molecular weight excluding hydrogens is 385 g/mol. The van der Waals surface area contributed by atoms with Crippen LogP contribution < -0.4 is 0 Å². The average Bonchev–Trinajstić information content (AvgIpc) is 2.88. The molecule has 2 unspecified atom stereocenters. The van der Waals surface area contributed by atoms with Gasteiger partial charge < -0.3 is 9.64 Å². The first-order chi connectivity index (χ1) is 13.4. The van der Waals surface area contributed by atoms with Gasteiger partial charge in [-0.2, -0.15) is 18.4 Å². The molecule has 8 heteroatoms. The SMILES string of the molecule is CC(C)(C)OC(=O)N1C2CCC1CC(C(=O)c1cc(C(F)(F)F)ccc1C#N)C2. The highest BCUT2D eigenvalue weighted by molar-refractivity contribution is 6.00. The van der Waals surface area contributed by atoms with E-state index < -0.39 is 35.1 Å². The molecule has 2 atom stereocenters. The lowest BCUT2D eigenvalue weighted by Crippen LogP contribution is -2.49. The van der Waals surface area contributed by atoms with Crippen LogP contribution >= 0.6 is 0 Å². The van der Waals surface area contributed by atoms with Gasteiger partial charge in [-0.3, -0.25) is 4.79 Å². The van der Waals surface area contributed by atoms with Gasteiger partial charge in [0.1, 0.15) is 5.60 Å². The van der Waals surface area contributed by atoms with Gasteiger partial charge in [0.05, 0.1) is 17.2 Å². The van der Waals surface area contributed by atoms with Gasteiger partial charge in [0, 0.05) is 23.6 Å². The van der Waals surface area contributed by atoms with E-state index in [9.17, 15) is 28.0 Å². The number of alkyl halides is 3. The topological polar surface area (TPSA) is 70.4 Å². The van der Waals surface area contributed by atoms with E-state index in [-0.39, 0.29) is 23.2 Å². The molecule has 1 aromatic carbocycles. The molecular formula is C21H23F3N2O3. The number of piperidine rings is 1. The van der Waals surface area contributed by atoms with Crippen molar-refractivity contribution in [3.05, 3.63) is 34.9 Å². The maximum atomic E-state index is 13.1. The predicted molar refractivity (Wildman–Crippen MR) is 98.1 cm³/mol. The maximum Gasteiger partial charge on any atom is 0.416 e. The van der Waals surface area contributed by atoms with Crippen LogP contribution in [0.2, 0.25) is 0 Å². The lowest BCUT2D eigenvalue weighted by atomic mass is 9.83. The molecule has 156 valence electrons. The molecule has 3 rings (SSSR count). The Morgan fingerprint density at radius 3 is 2.21 bits per heavy atom. The van der Waals surface area contributed by atoms with Crippen molar-refractivity contribution in [2.75, 3.05) is 0 Å². The number of rotatable bonds is 2. The molecule has 2 aliphatic heterocycles. The van der Waals surface area contributed by atoms with E-state index in [2.05, 4.69) is 0 Å². The number of carbonyl (C=O) groups is 2. The molecule has 0 aromatic heterocycles. The summed E-state index contributed by atoms with van der Waals surface area (Å²) in [5.41, 5.74) is -1.85. The normalized spacial score (nSPS) is 24.2. The number of hydrogen-bond acceptors (Lipinski definition) is 4. The summed E-state index contributed by atoms with van der Waals surface area (Å²) in [6.07, 6.45) is -2.86. The average molecular weight is 408 g/mol. The number of carbonyl (C=O) groups excluding carboxylic acids is 2. The molecule has 2 fully saturated rings. The molecule has 2 heterocycles. The number of nitriles is 1. The summed E-state index contributed by atoms with van der Waals surface area (Å²) in [6.45, 7) is 5.33. The molecule has 29 heavy (non-hydrogen) atoms. The van der Waals surface area contributed by atoms with Crippen LogP contribution in [0, 0.1) is 17.2 Å². The maximum absolute atomic E-state index is 13.1. The van der Waals surface area contributed by atoms with Gasteiger partial charge in [0.25, 0.3) is 0 Å². The Kier molecular flexibility index (Phi) is 5.37. The quantitative estimate of drug-likeness (QED) is 0.650. The fourth-order valence-electron chi connectivity index (χ4n) is 4.25. The summed E-state index contributed by atoms with van der Waals surface area (Å²) in [7, 11) is 0. The van der Waals surface area contributed by atoms with E-state index in [1.807, 2.05) is 6.07 Å². The zero-order chi connectivity index (χ0) is 21.6. The van der Waals surface area contributed by atoms with Gasteiger partial charge in [0.15, 0.2) is 5.78 Å². The third kappa shape index (κ3) is 4.39. The molecule has 0 N–H and O–H groups in total. The van der Waals surface area contributed by atoms with Crippen LogP contribution in [0.15, 0.2) is 18.2 Å². The highest BCUT2D eigenvalue weighted by atomic mass is 19.4. The second-order valence-corrected chi connectivity index (χ2v) is 8.68. The lowest BCUT2D eigenvalue weighted by molar-refractivity contribution is -0.137. The Morgan fingerprint density at radius 2 is 1.72 bits per heavy atom. The zero-order valence-corrected chi connectivity index (χ0v) is 16.5. The standard InChI is InChI=1S/C21H23F3N2O3/c1-20(2,3)29-19(28)26-15-6-7-16(26)9-13(8-15)18(27)17-10-14(21(22,23)24)5-4-12(17)11-25/h4-5,10,13,15-16H,6-9H2,1-3H3. The van der Waals surface area contributed by atoms with Crippen LogP contribution in [0.4, 0.5) is 18.0 Å². The number of amides is 1. The van der Waals surface area contributed by atoms with E-state index in [0.29, 0.717) is 12.8 Å². The zero-order valence-electron chi connectivity index (χ0n) is 16.5. The Morgan fingerprint density at radius 1 is 1.14 bits per heavy atom. The molecule has 0 saturated carbocycles. The molecule has 2 bridgehead atoms. The fraction of sp³-hybridized carbons (Fsp3) is 0.571. The van der Waals surface area contributed by atoms with E-state index >= 15 is 0 Å². The molecule has 0 radical (unpaired) electrons. The number of nitrogens with zero attached hydrogens (tertiary/aromatic N) is 2. The Bertz CT molecular complexity index is 853. The van der Waals surface area contributed by atoms with Crippen molar-refractivity contribution >= 4 is 11.9 Å². The summed E-state index contributed by atoms with van der Waals surface area (Å²) in [4.78, 5) is 27.2. The van der Waals surface area contributed by atoms with Crippen molar-refractivity contribution in [1.29, 1.82) is 5.26 Å². The van der Waals surface area contributed by atoms with Gasteiger partial charge >= 0.3 is 12.3 Å². The third-order valence-corrected chi connectivity index (χ3v) is 5.44. The van der Waals surface area contributed by atoms with E-state index in [4.69, 9.17) is 4.74 Å². The first-order valence-corrected chi connectivity index (χ1v) is 9.57. The lowest BCUT2D eigenvalue weighted by Gasteiger charge is -2.39. The Balaban J connectivity index is 1.82. The van der Waals surface area contributed by atoms with Crippen molar-refractivity contribution < 1.29 is 27.5 Å². The van der Waals surface area contributed by atoms with Crippen molar-refractivity contribution in [2.24, 2.45) is 5.92 Å². The van der Waals surface area contributed by atoms with Gasteiger partial charge in [-0.15, -0.1) is 0 Å². The highest BCUT2D eigenvalue weighted by Gasteiger charge is 2.47. The minimum absolute atomic E-state index is 0.0649. The van der Waals surface area contributed by atoms with Gasteiger partial charge in [0.2, 0.25) is 0 Å². The fourth-order valence-corrected chi connectivity index (χ4v) is 4.25. The van der Waals surface area contributed by atoms with Crippen LogP contribution in [-0.2, 0) is 10.9 Å². The largest absolute Gasteiger partial charge is 0.444 e. The summed E-state index contributed by atoms with van der Waals surface area (Å²) in [5.74, 6) is -0.991. The number of benzene rings is 1. The van der Waals surface area contributed by atoms with Gasteiger partial charge in [-0.05, 0) is 64.7 Å². The number of hydrogen-bond donors (Lipinski definition) is 0. The number of fused-ring (bicyclic) bond motifs is 2. The highest BCUT2D eigenvalue weighted by Crippen LogP contribution is 2.41. The molecule has 2 aliphatic rings. The second kappa shape index (κ2) is 7.36. The molecule has 0 spiro atoms. The molecule has 2 saturated heterocycles.